The molecule has 0 spiro atoms. The molecule has 1 amide bonds. The molecule has 9 heteroatoms. The zero-order valence-corrected chi connectivity index (χ0v) is 15.3. The van der Waals surface area contributed by atoms with Gasteiger partial charge >= 0.3 is 0 Å². The van der Waals surface area contributed by atoms with Crippen LogP contribution in [0.5, 0.6) is 5.75 Å². The molecule has 3 N–H and O–H groups in total. The Bertz CT molecular complexity index is 661. The zero-order valence-electron chi connectivity index (χ0n) is 13.7. The van der Waals surface area contributed by atoms with Crippen molar-refractivity contribution in [2.45, 2.75) is 25.7 Å². The first-order chi connectivity index (χ1) is 10.9. The van der Waals surface area contributed by atoms with E-state index in [1.165, 1.54) is 11.4 Å². The molecule has 24 heavy (non-hydrogen) atoms. The van der Waals surface area contributed by atoms with Gasteiger partial charge in [-0.3, -0.25) is 4.79 Å². The molecule has 2 rings (SSSR count). The van der Waals surface area contributed by atoms with E-state index in [1.807, 2.05) is 0 Å². The van der Waals surface area contributed by atoms with Crippen LogP contribution in [0.15, 0.2) is 18.2 Å². The molecule has 1 aromatic rings. The molecule has 0 aromatic heterocycles. The number of rotatable bonds is 7. The molecule has 0 saturated carbocycles. The Morgan fingerprint density at radius 1 is 1.33 bits per heavy atom. The third-order valence-corrected chi connectivity index (χ3v) is 5.76. The van der Waals surface area contributed by atoms with Crippen LogP contribution in [0.3, 0.4) is 0 Å². The summed E-state index contributed by atoms with van der Waals surface area (Å²) in [5, 5.41) is 2.69. The number of hydrogen-bond donors (Lipinski definition) is 2. The van der Waals surface area contributed by atoms with E-state index in [-0.39, 0.29) is 36.9 Å². The van der Waals surface area contributed by atoms with Crippen molar-refractivity contribution in [2.24, 2.45) is 0 Å². The number of methoxy groups -OCH3 is 1. The van der Waals surface area contributed by atoms with Gasteiger partial charge < -0.3 is 15.8 Å². The second-order valence-electron chi connectivity index (χ2n) is 5.53. The smallest absolute Gasteiger partial charge is 0.224 e. The van der Waals surface area contributed by atoms with Gasteiger partial charge in [0.05, 0.1) is 24.2 Å². The van der Waals surface area contributed by atoms with Crippen LogP contribution in [0.25, 0.3) is 0 Å². The highest BCUT2D eigenvalue weighted by Crippen LogP contribution is 2.24. The number of benzene rings is 1. The quantitative estimate of drug-likeness (QED) is 0.706. The Morgan fingerprint density at radius 2 is 2.00 bits per heavy atom. The molecule has 1 aromatic carbocycles. The second kappa shape index (κ2) is 9.10. The SMILES string of the molecule is COc1ccc(N)c(NC(=O)CCCS(=O)(=O)N2CCCC2)c1.Cl. The van der Waals surface area contributed by atoms with E-state index in [0.717, 1.165) is 12.8 Å². The number of ether oxygens (including phenoxy) is 1. The molecule has 1 fully saturated rings. The summed E-state index contributed by atoms with van der Waals surface area (Å²) in [5.41, 5.74) is 6.70. The number of hydrogen-bond acceptors (Lipinski definition) is 5. The van der Waals surface area contributed by atoms with E-state index in [9.17, 15) is 13.2 Å². The van der Waals surface area contributed by atoms with Gasteiger partial charge in [0.25, 0.3) is 0 Å². The van der Waals surface area contributed by atoms with Crippen LogP contribution in [0.1, 0.15) is 25.7 Å². The molecular formula is C15H24ClN3O4S. The minimum absolute atomic E-state index is 0. The lowest BCUT2D eigenvalue weighted by atomic mass is 10.2. The number of nitrogens with two attached hydrogens (primary N) is 1. The van der Waals surface area contributed by atoms with Gasteiger partial charge in [-0.25, -0.2) is 12.7 Å². The highest BCUT2D eigenvalue weighted by atomic mass is 35.5. The normalized spacial score (nSPS) is 14.9. The second-order valence-corrected chi connectivity index (χ2v) is 7.62. The van der Waals surface area contributed by atoms with Gasteiger partial charge in [0, 0.05) is 25.6 Å². The summed E-state index contributed by atoms with van der Waals surface area (Å²) in [6.45, 7) is 1.18. The van der Waals surface area contributed by atoms with E-state index < -0.39 is 10.0 Å². The number of nitrogens with zero attached hydrogens (tertiary/aromatic N) is 1. The van der Waals surface area contributed by atoms with E-state index in [4.69, 9.17) is 10.5 Å². The summed E-state index contributed by atoms with van der Waals surface area (Å²) < 4.78 is 30.7. The van der Waals surface area contributed by atoms with Crippen molar-refractivity contribution in [2.75, 3.05) is 37.0 Å². The fourth-order valence-corrected chi connectivity index (χ4v) is 4.08. The summed E-state index contributed by atoms with van der Waals surface area (Å²) in [7, 11) is -1.71. The van der Waals surface area contributed by atoms with Gasteiger partial charge in [0.1, 0.15) is 5.75 Å². The third-order valence-electron chi connectivity index (χ3n) is 3.80. The van der Waals surface area contributed by atoms with E-state index in [2.05, 4.69) is 5.32 Å². The van der Waals surface area contributed by atoms with Crippen molar-refractivity contribution >= 4 is 39.7 Å². The minimum atomic E-state index is -3.24. The average molecular weight is 378 g/mol. The number of halogens is 1. The third kappa shape index (κ3) is 5.54. The first-order valence-corrected chi connectivity index (χ1v) is 9.24. The lowest BCUT2D eigenvalue weighted by molar-refractivity contribution is -0.116. The molecule has 0 radical (unpaired) electrons. The zero-order chi connectivity index (χ0) is 16.9. The average Bonchev–Trinajstić information content (AvgIpc) is 3.04. The Labute approximate surface area is 149 Å². The maximum Gasteiger partial charge on any atom is 0.224 e. The monoisotopic (exact) mass is 377 g/mol. The molecule has 1 heterocycles. The van der Waals surface area contributed by atoms with Gasteiger partial charge in [-0.1, -0.05) is 0 Å². The predicted octanol–water partition coefficient (Wildman–Crippen LogP) is 1.84. The van der Waals surface area contributed by atoms with Gasteiger partial charge in [-0.2, -0.15) is 0 Å². The van der Waals surface area contributed by atoms with Gasteiger partial charge in [0.15, 0.2) is 0 Å². The number of carbonyl (C=O) groups is 1. The van der Waals surface area contributed by atoms with Gasteiger partial charge in [0.2, 0.25) is 15.9 Å². The highest BCUT2D eigenvalue weighted by molar-refractivity contribution is 7.89. The van der Waals surface area contributed by atoms with Crippen LogP contribution in [-0.2, 0) is 14.8 Å². The van der Waals surface area contributed by atoms with E-state index in [1.54, 1.807) is 18.2 Å². The lowest BCUT2D eigenvalue weighted by Crippen LogP contribution is -2.30. The van der Waals surface area contributed by atoms with Crippen LogP contribution < -0.4 is 15.8 Å². The van der Waals surface area contributed by atoms with Gasteiger partial charge in [-0.15, -0.1) is 12.4 Å². The summed E-state index contributed by atoms with van der Waals surface area (Å²) in [4.78, 5) is 12.0. The molecule has 1 saturated heterocycles. The fourth-order valence-electron chi connectivity index (χ4n) is 2.49. The number of carbonyl (C=O) groups excluding carboxylic acids is 1. The maximum absolute atomic E-state index is 12.1. The molecule has 0 bridgehead atoms. The summed E-state index contributed by atoms with van der Waals surface area (Å²) >= 11 is 0. The molecule has 1 aliphatic heterocycles. The van der Waals surface area contributed by atoms with E-state index >= 15 is 0 Å². The molecule has 7 nitrogen and oxygen atoms in total. The highest BCUT2D eigenvalue weighted by Gasteiger charge is 2.24. The Hall–Kier alpha value is -1.51. The number of nitrogens with one attached hydrogen (secondary N) is 1. The van der Waals surface area contributed by atoms with Crippen molar-refractivity contribution in [3.63, 3.8) is 0 Å². The van der Waals surface area contributed by atoms with Crippen molar-refractivity contribution in [3.05, 3.63) is 18.2 Å². The first-order valence-electron chi connectivity index (χ1n) is 7.63. The first kappa shape index (κ1) is 20.5. The fraction of sp³-hybridized carbons (Fsp3) is 0.533. The van der Waals surface area contributed by atoms with E-state index in [0.29, 0.717) is 30.2 Å². The molecular weight excluding hydrogens is 354 g/mol. The molecule has 0 unspecified atom stereocenters. The number of sulfonamides is 1. The van der Waals surface area contributed by atoms with Crippen LogP contribution in [-0.4, -0.2) is 44.6 Å². The minimum Gasteiger partial charge on any atom is -0.497 e. The summed E-state index contributed by atoms with van der Waals surface area (Å²) in [6.07, 6.45) is 2.24. The number of nitrogen functional groups attached to an aromatic ring is 1. The largest absolute Gasteiger partial charge is 0.497 e. The Morgan fingerprint density at radius 3 is 2.62 bits per heavy atom. The van der Waals surface area contributed by atoms with Crippen molar-refractivity contribution in [1.82, 2.24) is 4.31 Å². The topological polar surface area (TPSA) is 102 Å². The Balaban J connectivity index is 0.00000288. The number of amides is 1. The Kier molecular flexibility index (Phi) is 7.78. The lowest BCUT2D eigenvalue weighted by Gasteiger charge is -2.15. The maximum atomic E-state index is 12.1. The molecule has 136 valence electrons. The number of anilines is 2. The summed E-state index contributed by atoms with van der Waals surface area (Å²) in [5.74, 6) is 0.321. The van der Waals surface area contributed by atoms with Crippen LogP contribution >= 0.6 is 12.4 Å². The molecule has 1 aliphatic rings. The van der Waals surface area contributed by atoms with Crippen LogP contribution in [0.4, 0.5) is 11.4 Å². The van der Waals surface area contributed by atoms with Crippen LogP contribution in [0.2, 0.25) is 0 Å². The van der Waals surface area contributed by atoms with Crippen molar-refractivity contribution in [3.8, 4) is 5.75 Å². The van der Waals surface area contributed by atoms with Crippen molar-refractivity contribution < 1.29 is 17.9 Å². The molecule has 0 aliphatic carbocycles. The predicted molar refractivity (Wildman–Crippen MR) is 97.1 cm³/mol. The van der Waals surface area contributed by atoms with Crippen molar-refractivity contribution in [1.29, 1.82) is 0 Å². The standard InChI is InChI=1S/C15H23N3O4S.ClH/c1-22-12-6-7-13(16)14(11-12)17-15(19)5-4-10-23(20,21)18-8-2-3-9-18;/h6-7,11H,2-5,8-10,16H2,1H3,(H,17,19);1H. The molecule has 0 atom stereocenters. The van der Waals surface area contributed by atoms with Crippen LogP contribution in [0, 0.1) is 0 Å². The van der Waals surface area contributed by atoms with Gasteiger partial charge in [-0.05, 0) is 31.4 Å². The summed E-state index contributed by atoms with van der Waals surface area (Å²) in [6, 6.07) is 4.98.